The van der Waals surface area contributed by atoms with Crippen LogP contribution in [0, 0.1) is 0 Å². The zero-order valence-electron chi connectivity index (χ0n) is 13.3. The van der Waals surface area contributed by atoms with Gasteiger partial charge in [0.1, 0.15) is 6.54 Å². The lowest BCUT2D eigenvalue weighted by Gasteiger charge is -2.17. The molecule has 0 saturated heterocycles. The normalized spacial score (nSPS) is 10.4. The molecule has 1 heterocycles. The summed E-state index contributed by atoms with van der Waals surface area (Å²) in [6.07, 6.45) is 1.42. The standard InChI is InChI=1S/C19H17N3O2/c1-21(16-10-6-3-7-11-16)19(24)13-22-14-20-17(12-18(22)23)15-8-4-2-5-9-15/h2-12,14H,13H2,1H3. The molecule has 0 saturated carbocycles. The number of carbonyl (C=O) groups excluding carboxylic acids is 1. The Morgan fingerprint density at radius 2 is 1.67 bits per heavy atom. The molecule has 24 heavy (non-hydrogen) atoms. The van der Waals surface area contributed by atoms with E-state index in [0.717, 1.165) is 11.3 Å². The van der Waals surface area contributed by atoms with E-state index in [4.69, 9.17) is 0 Å². The number of likely N-dealkylation sites (N-methyl/N-ethyl adjacent to an activating group) is 1. The zero-order chi connectivity index (χ0) is 16.9. The van der Waals surface area contributed by atoms with Gasteiger partial charge in [0.25, 0.3) is 5.56 Å². The topological polar surface area (TPSA) is 55.2 Å². The number of anilines is 1. The van der Waals surface area contributed by atoms with Crippen molar-refractivity contribution >= 4 is 11.6 Å². The first kappa shape index (κ1) is 15.7. The van der Waals surface area contributed by atoms with Crippen LogP contribution in [0.4, 0.5) is 5.69 Å². The maximum Gasteiger partial charge on any atom is 0.254 e. The first-order valence-electron chi connectivity index (χ1n) is 7.58. The summed E-state index contributed by atoms with van der Waals surface area (Å²) in [5.41, 5.74) is 2.00. The summed E-state index contributed by atoms with van der Waals surface area (Å²) < 4.78 is 1.31. The van der Waals surface area contributed by atoms with Gasteiger partial charge in [-0.1, -0.05) is 48.5 Å². The molecule has 2 aromatic carbocycles. The fraction of sp³-hybridized carbons (Fsp3) is 0.105. The van der Waals surface area contributed by atoms with Gasteiger partial charge in [0.2, 0.25) is 5.91 Å². The third kappa shape index (κ3) is 3.41. The first-order chi connectivity index (χ1) is 11.6. The molecule has 1 amide bonds. The third-order valence-corrected chi connectivity index (χ3v) is 3.77. The number of rotatable bonds is 4. The number of para-hydroxylation sites is 1. The second-order valence-electron chi connectivity index (χ2n) is 5.39. The molecule has 0 spiro atoms. The summed E-state index contributed by atoms with van der Waals surface area (Å²) in [6, 6.07) is 20.2. The van der Waals surface area contributed by atoms with Gasteiger partial charge in [0.05, 0.1) is 12.0 Å². The van der Waals surface area contributed by atoms with E-state index in [-0.39, 0.29) is 18.0 Å². The second kappa shape index (κ2) is 6.91. The van der Waals surface area contributed by atoms with E-state index in [9.17, 15) is 9.59 Å². The van der Waals surface area contributed by atoms with Gasteiger partial charge in [-0.3, -0.25) is 14.2 Å². The summed E-state index contributed by atoms with van der Waals surface area (Å²) in [5, 5.41) is 0. The smallest absolute Gasteiger partial charge is 0.254 e. The van der Waals surface area contributed by atoms with E-state index < -0.39 is 0 Å². The lowest BCUT2D eigenvalue weighted by molar-refractivity contribution is -0.118. The molecule has 0 aliphatic heterocycles. The summed E-state index contributed by atoms with van der Waals surface area (Å²) in [6.45, 7) is -0.0493. The van der Waals surface area contributed by atoms with Gasteiger partial charge in [-0.05, 0) is 12.1 Å². The number of aromatic nitrogens is 2. The Labute approximate surface area is 139 Å². The van der Waals surface area contributed by atoms with Crippen LogP contribution in [0.1, 0.15) is 0 Å². The van der Waals surface area contributed by atoms with Gasteiger partial charge < -0.3 is 4.90 Å². The number of hydrogen-bond acceptors (Lipinski definition) is 3. The number of nitrogens with zero attached hydrogens (tertiary/aromatic N) is 3. The molecule has 0 N–H and O–H groups in total. The molecule has 0 aliphatic rings. The zero-order valence-corrected chi connectivity index (χ0v) is 13.3. The lowest BCUT2D eigenvalue weighted by Crippen LogP contribution is -2.33. The molecule has 0 radical (unpaired) electrons. The first-order valence-corrected chi connectivity index (χ1v) is 7.58. The monoisotopic (exact) mass is 319 g/mol. The average Bonchev–Trinajstić information content (AvgIpc) is 2.64. The van der Waals surface area contributed by atoms with Crippen LogP contribution in [-0.2, 0) is 11.3 Å². The minimum Gasteiger partial charge on any atom is -0.314 e. The number of benzene rings is 2. The van der Waals surface area contributed by atoms with Crippen molar-refractivity contribution in [3.63, 3.8) is 0 Å². The fourth-order valence-electron chi connectivity index (χ4n) is 2.36. The highest BCUT2D eigenvalue weighted by atomic mass is 16.2. The Hall–Kier alpha value is -3.21. The van der Waals surface area contributed by atoms with Crippen LogP contribution in [0.5, 0.6) is 0 Å². The summed E-state index contributed by atoms with van der Waals surface area (Å²) >= 11 is 0. The third-order valence-electron chi connectivity index (χ3n) is 3.77. The van der Waals surface area contributed by atoms with Crippen LogP contribution in [0.15, 0.2) is 77.9 Å². The van der Waals surface area contributed by atoms with E-state index >= 15 is 0 Å². The van der Waals surface area contributed by atoms with Gasteiger partial charge in [0.15, 0.2) is 0 Å². The van der Waals surface area contributed by atoms with Crippen molar-refractivity contribution in [2.24, 2.45) is 0 Å². The molecule has 0 atom stereocenters. The minimum absolute atomic E-state index is 0.0493. The highest BCUT2D eigenvalue weighted by Gasteiger charge is 2.12. The van der Waals surface area contributed by atoms with Gasteiger partial charge in [-0.25, -0.2) is 4.98 Å². The molecule has 120 valence electrons. The Kier molecular flexibility index (Phi) is 4.52. The van der Waals surface area contributed by atoms with Crippen molar-refractivity contribution in [1.82, 2.24) is 9.55 Å². The number of hydrogen-bond donors (Lipinski definition) is 0. The van der Waals surface area contributed by atoms with Crippen LogP contribution < -0.4 is 10.5 Å². The molecule has 5 heteroatoms. The number of amides is 1. The molecule has 1 aromatic heterocycles. The van der Waals surface area contributed by atoms with Crippen LogP contribution in [0.25, 0.3) is 11.3 Å². The van der Waals surface area contributed by atoms with Crippen molar-refractivity contribution in [3.05, 3.63) is 83.4 Å². The summed E-state index contributed by atoms with van der Waals surface area (Å²) in [5.74, 6) is -0.183. The Bertz CT molecular complexity index is 889. The fourth-order valence-corrected chi connectivity index (χ4v) is 2.36. The maximum atomic E-state index is 12.4. The Balaban J connectivity index is 1.79. The van der Waals surface area contributed by atoms with Crippen LogP contribution in [-0.4, -0.2) is 22.5 Å². The van der Waals surface area contributed by atoms with E-state index in [1.165, 1.54) is 21.9 Å². The van der Waals surface area contributed by atoms with Crippen molar-refractivity contribution < 1.29 is 4.79 Å². The van der Waals surface area contributed by atoms with E-state index in [1.54, 1.807) is 7.05 Å². The van der Waals surface area contributed by atoms with Gasteiger partial charge in [-0.15, -0.1) is 0 Å². The predicted molar refractivity (Wildman–Crippen MR) is 93.8 cm³/mol. The quantitative estimate of drug-likeness (QED) is 0.743. The highest BCUT2D eigenvalue weighted by molar-refractivity contribution is 5.92. The minimum atomic E-state index is -0.251. The van der Waals surface area contributed by atoms with E-state index in [1.807, 2.05) is 60.7 Å². The van der Waals surface area contributed by atoms with Gasteiger partial charge in [0, 0.05) is 24.4 Å². The average molecular weight is 319 g/mol. The van der Waals surface area contributed by atoms with E-state index in [2.05, 4.69) is 4.98 Å². The Morgan fingerprint density at radius 3 is 2.29 bits per heavy atom. The molecular formula is C19H17N3O2. The largest absolute Gasteiger partial charge is 0.314 e. The molecule has 0 unspecified atom stereocenters. The number of carbonyl (C=O) groups is 1. The van der Waals surface area contributed by atoms with Crippen molar-refractivity contribution in [3.8, 4) is 11.3 Å². The van der Waals surface area contributed by atoms with Crippen LogP contribution >= 0.6 is 0 Å². The van der Waals surface area contributed by atoms with Gasteiger partial charge >= 0.3 is 0 Å². The van der Waals surface area contributed by atoms with Crippen molar-refractivity contribution in [2.75, 3.05) is 11.9 Å². The molecule has 5 nitrogen and oxygen atoms in total. The molecule has 3 aromatic rings. The van der Waals surface area contributed by atoms with Crippen molar-refractivity contribution in [2.45, 2.75) is 6.54 Å². The molecule has 0 fully saturated rings. The SMILES string of the molecule is CN(C(=O)Cn1cnc(-c2ccccc2)cc1=O)c1ccccc1. The molecule has 0 bridgehead atoms. The lowest BCUT2D eigenvalue weighted by atomic mass is 10.1. The molecule has 3 rings (SSSR count). The van der Waals surface area contributed by atoms with Crippen molar-refractivity contribution in [1.29, 1.82) is 0 Å². The van der Waals surface area contributed by atoms with Gasteiger partial charge in [-0.2, -0.15) is 0 Å². The summed E-state index contributed by atoms with van der Waals surface area (Å²) in [7, 11) is 1.69. The maximum absolute atomic E-state index is 12.4. The molecule has 0 aliphatic carbocycles. The summed E-state index contributed by atoms with van der Waals surface area (Å²) in [4.78, 5) is 30.4. The highest BCUT2D eigenvalue weighted by Crippen LogP contribution is 2.14. The van der Waals surface area contributed by atoms with Crippen LogP contribution in [0.3, 0.4) is 0 Å². The molecular weight excluding hydrogens is 302 g/mol. The van der Waals surface area contributed by atoms with E-state index in [0.29, 0.717) is 5.69 Å². The second-order valence-corrected chi connectivity index (χ2v) is 5.39. The Morgan fingerprint density at radius 1 is 1.04 bits per heavy atom. The van der Waals surface area contributed by atoms with Crippen LogP contribution in [0.2, 0.25) is 0 Å². The predicted octanol–water partition coefficient (Wildman–Crippen LogP) is 2.57.